The molecule has 1 aromatic heterocycles. The second-order valence-electron chi connectivity index (χ2n) is 5.86. The first-order chi connectivity index (χ1) is 11.2. The van der Waals surface area contributed by atoms with Gasteiger partial charge in [-0.3, -0.25) is 0 Å². The number of nitrogens with zero attached hydrogens (tertiary/aromatic N) is 2. The lowest BCUT2D eigenvalue weighted by atomic mass is 10.0. The number of hydrogen-bond donors (Lipinski definition) is 1. The number of aromatic nitrogens is 2. The van der Waals surface area contributed by atoms with Gasteiger partial charge in [0.2, 0.25) is 0 Å². The molecule has 23 heavy (non-hydrogen) atoms. The molecule has 0 spiro atoms. The molecule has 1 heterocycles. The van der Waals surface area contributed by atoms with Gasteiger partial charge in [0.1, 0.15) is 0 Å². The van der Waals surface area contributed by atoms with Crippen molar-refractivity contribution in [2.45, 2.75) is 26.7 Å². The molecule has 0 aliphatic carbocycles. The molecular formula is C20H22N2O. The summed E-state index contributed by atoms with van der Waals surface area (Å²) >= 11 is 0. The lowest BCUT2D eigenvalue weighted by Gasteiger charge is -2.07. The summed E-state index contributed by atoms with van der Waals surface area (Å²) in [5, 5.41) is 13.7. The Bertz CT molecular complexity index is 773. The van der Waals surface area contributed by atoms with Crippen molar-refractivity contribution in [1.29, 1.82) is 0 Å². The van der Waals surface area contributed by atoms with E-state index in [0.717, 1.165) is 23.4 Å². The Hall–Kier alpha value is -2.39. The van der Waals surface area contributed by atoms with E-state index in [-0.39, 0.29) is 6.61 Å². The van der Waals surface area contributed by atoms with Crippen molar-refractivity contribution in [1.82, 2.24) is 9.78 Å². The van der Waals surface area contributed by atoms with Gasteiger partial charge in [-0.25, -0.2) is 4.68 Å². The highest BCUT2D eigenvalue weighted by Gasteiger charge is 2.13. The number of aliphatic hydroxyl groups excluding tert-OH is 1. The predicted molar refractivity (Wildman–Crippen MR) is 93.1 cm³/mol. The van der Waals surface area contributed by atoms with Crippen LogP contribution in [0, 0.1) is 13.8 Å². The van der Waals surface area contributed by atoms with E-state index in [9.17, 15) is 0 Å². The summed E-state index contributed by atoms with van der Waals surface area (Å²) in [4.78, 5) is 0. The van der Waals surface area contributed by atoms with E-state index in [4.69, 9.17) is 10.2 Å². The Morgan fingerprint density at radius 2 is 1.61 bits per heavy atom. The Balaban J connectivity index is 1.91. The van der Waals surface area contributed by atoms with Crippen molar-refractivity contribution in [3.8, 4) is 5.69 Å². The van der Waals surface area contributed by atoms with Crippen LogP contribution < -0.4 is 0 Å². The zero-order valence-electron chi connectivity index (χ0n) is 13.7. The number of aliphatic hydroxyl groups is 1. The molecule has 0 saturated carbocycles. The highest BCUT2D eigenvalue weighted by molar-refractivity contribution is 5.40. The van der Waals surface area contributed by atoms with Gasteiger partial charge in [0.15, 0.2) is 0 Å². The summed E-state index contributed by atoms with van der Waals surface area (Å²) in [5.74, 6) is 0. The quantitative estimate of drug-likeness (QED) is 0.782. The second kappa shape index (κ2) is 6.80. The van der Waals surface area contributed by atoms with Gasteiger partial charge in [0.05, 0.1) is 11.4 Å². The first-order valence-electron chi connectivity index (χ1n) is 7.98. The van der Waals surface area contributed by atoms with E-state index in [2.05, 4.69) is 62.4 Å². The largest absolute Gasteiger partial charge is 0.396 e. The van der Waals surface area contributed by atoms with Crippen molar-refractivity contribution >= 4 is 0 Å². The van der Waals surface area contributed by atoms with Crippen LogP contribution in [0.4, 0.5) is 0 Å². The molecule has 3 aromatic rings. The number of aryl methyl sites for hydroxylation is 1. The first-order valence-corrected chi connectivity index (χ1v) is 7.98. The Morgan fingerprint density at radius 3 is 2.26 bits per heavy atom. The van der Waals surface area contributed by atoms with Crippen LogP contribution in [0.25, 0.3) is 5.69 Å². The molecule has 0 saturated heterocycles. The van der Waals surface area contributed by atoms with E-state index >= 15 is 0 Å². The lowest BCUT2D eigenvalue weighted by Crippen LogP contribution is -2.00. The van der Waals surface area contributed by atoms with E-state index in [1.54, 1.807) is 0 Å². The molecule has 2 aromatic carbocycles. The summed E-state index contributed by atoms with van der Waals surface area (Å²) in [6.45, 7) is 4.38. The Labute approximate surface area is 137 Å². The Morgan fingerprint density at radius 1 is 0.913 bits per heavy atom. The highest BCUT2D eigenvalue weighted by Crippen LogP contribution is 2.21. The molecule has 0 unspecified atom stereocenters. The molecule has 0 bridgehead atoms. The molecule has 3 nitrogen and oxygen atoms in total. The zero-order valence-corrected chi connectivity index (χ0v) is 13.7. The normalized spacial score (nSPS) is 10.9. The van der Waals surface area contributed by atoms with E-state index in [0.29, 0.717) is 6.42 Å². The molecule has 0 aliphatic rings. The summed E-state index contributed by atoms with van der Waals surface area (Å²) < 4.78 is 2.01. The minimum absolute atomic E-state index is 0.181. The van der Waals surface area contributed by atoms with Gasteiger partial charge in [-0.1, -0.05) is 42.5 Å². The molecule has 0 aliphatic heterocycles. The van der Waals surface area contributed by atoms with Crippen LogP contribution >= 0.6 is 0 Å². The smallest absolute Gasteiger partial charge is 0.0649 e. The third-order valence-corrected chi connectivity index (χ3v) is 4.25. The van der Waals surface area contributed by atoms with Crippen LogP contribution in [-0.4, -0.2) is 21.5 Å². The number of rotatable bonds is 5. The monoisotopic (exact) mass is 306 g/mol. The molecule has 1 N–H and O–H groups in total. The van der Waals surface area contributed by atoms with Gasteiger partial charge in [0, 0.05) is 24.3 Å². The number of benzene rings is 2. The van der Waals surface area contributed by atoms with Crippen LogP contribution in [-0.2, 0) is 12.8 Å². The van der Waals surface area contributed by atoms with Crippen LogP contribution in [0.1, 0.15) is 28.1 Å². The van der Waals surface area contributed by atoms with Crippen molar-refractivity contribution in [3.63, 3.8) is 0 Å². The Kier molecular flexibility index (Phi) is 4.58. The van der Waals surface area contributed by atoms with Crippen LogP contribution in [0.15, 0.2) is 54.6 Å². The average Bonchev–Trinajstić information content (AvgIpc) is 2.85. The SMILES string of the molecule is Cc1nn(-c2ccc(CCO)cc2)c(C)c1Cc1ccccc1. The highest BCUT2D eigenvalue weighted by atomic mass is 16.2. The number of hydrogen-bond acceptors (Lipinski definition) is 2. The van der Waals surface area contributed by atoms with Gasteiger partial charge in [-0.2, -0.15) is 5.10 Å². The zero-order chi connectivity index (χ0) is 16.2. The maximum absolute atomic E-state index is 9.01. The van der Waals surface area contributed by atoms with Gasteiger partial charge in [-0.15, -0.1) is 0 Å². The van der Waals surface area contributed by atoms with Crippen molar-refractivity contribution < 1.29 is 5.11 Å². The third-order valence-electron chi connectivity index (χ3n) is 4.25. The fraction of sp³-hybridized carbons (Fsp3) is 0.250. The molecule has 0 amide bonds. The van der Waals surface area contributed by atoms with Crippen LogP contribution in [0.2, 0.25) is 0 Å². The third kappa shape index (κ3) is 3.35. The molecule has 3 rings (SSSR count). The molecule has 118 valence electrons. The minimum Gasteiger partial charge on any atom is -0.396 e. The summed E-state index contributed by atoms with van der Waals surface area (Å²) in [6.07, 6.45) is 1.59. The predicted octanol–water partition coefficient (Wildman–Crippen LogP) is 3.61. The van der Waals surface area contributed by atoms with Crippen LogP contribution in [0.5, 0.6) is 0 Å². The lowest BCUT2D eigenvalue weighted by molar-refractivity contribution is 0.299. The summed E-state index contributed by atoms with van der Waals surface area (Å²) in [5.41, 5.74) is 7.05. The maximum Gasteiger partial charge on any atom is 0.0649 e. The van der Waals surface area contributed by atoms with Crippen LogP contribution in [0.3, 0.4) is 0 Å². The average molecular weight is 306 g/mol. The molecular weight excluding hydrogens is 284 g/mol. The van der Waals surface area contributed by atoms with Crippen molar-refractivity contribution in [2.75, 3.05) is 6.61 Å². The second-order valence-corrected chi connectivity index (χ2v) is 5.86. The van der Waals surface area contributed by atoms with E-state index < -0.39 is 0 Å². The van der Waals surface area contributed by atoms with Crippen molar-refractivity contribution in [2.24, 2.45) is 0 Å². The molecule has 0 fully saturated rings. The maximum atomic E-state index is 9.01. The topological polar surface area (TPSA) is 38.0 Å². The fourth-order valence-corrected chi connectivity index (χ4v) is 2.92. The minimum atomic E-state index is 0.181. The van der Waals surface area contributed by atoms with E-state index in [1.807, 2.05) is 10.7 Å². The van der Waals surface area contributed by atoms with Gasteiger partial charge < -0.3 is 5.11 Å². The summed E-state index contributed by atoms with van der Waals surface area (Å²) in [7, 11) is 0. The molecule has 0 radical (unpaired) electrons. The first kappa shape index (κ1) is 15.5. The summed E-state index contributed by atoms with van der Waals surface area (Å²) in [6, 6.07) is 18.7. The van der Waals surface area contributed by atoms with E-state index in [1.165, 1.54) is 16.8 Å². The van der Waals surface area contributed by atoms with Gasteiger partial charge in [-0.05, 0) is 43.5 Å². The molecule has 3 heteroatoms. The molecule has 0 atom stereocenters. The van der Waals surface area contributed by atoms with Gasteiger partial charge >= 0.3 is 0 Å². The van der Waals surface area contributed by atoms with Gasteiger partial charge in [0.25, 0.3) is 0 Å². The fourth-order valence-electron chi connectivity index (χ4n) is 2.92. The van der Waals surface area contributed by atoms with Crippen molar-refractivity contribution in [3.05, 3.63) is 82.7 Å². The standard InChI is InChI=1S/C20H22N2O/c1-15-20(14-18-6-4-3-5-7-18)16(2)22(21-15)19-10-8-17(9-11-19)12-13-23/h3-11,23H,12-14H2,1-2H3.